The van der Waals surface area contributed by atoms with E-state index in [0.29, 0.717) is 6.54 Å². The van der Waals surface area contributed by atoms with Crippen molar-refractivity contribution in [3.63, 3.8) is 0 Å². The summed E-state index contributed by atoms with van der Waals surface area (Å²) in [6, 6.07) is 0. The lowest BCUT2D eigenvalue weighted by atomic mass is 10.2. The molecule has 17 heavy (non-hydrogen) atoms. The van der Waals surface area contributed by atoms with Crippen LogP contribution >= 0.6 is 0 Å². The van der Waals surface area contributed by atoms with E-state index in [0.717, 1.165) is 12.8 Å². The second kappa shape index (κ2) is 6.95. The molecule has 0 unspecified atom stereocenters. The minimum Gasteiger partial charge on any atom is -0.444 e. The minimum absolute atomic E-state index is 0.0780. The van der Waals surface area contributed by atoms with Crippen LogP contribution in [0.15, 0.2) is 0 Å². The number of Topliss-reactive ketones (excluding diaryl/α,β-unsaturated/α-hetero) is 1. The molecule has 0 saturated heterocycles. The molecule has 0 aromatic heterocycles. The number of amides is 1. The highest BCUT2D eigenvalue weighted by molar-refractivity contribution is 5.97. The lowest BCUT2D eigenvalue weighted by Gasteiger charge is -2.26. The average Bonchev–Trinajstić information content (AvgIpc) is 2.21. The Labute approximate surface area is 103 Å². The summed E-state index contributed by atoms with van der Waals surface area (Å²) in [6.07, 6.45) is 6.26. The van der Waals surface area contributed by atoms with Gasteiger partial charge < -0.3 is 4.74 Å². The zero-order valence-corrected chi connectivity index (χ0v) is 11.1. The molecule has 4 nitrogen and oxygen atoms in total. The second-order valence-electron chi connectivity index (χ2n) is 4.82. The van der Waals surface area contributed by atoms with Gasteiger partial charge in [-0.15, -0.1) is 6.42 Å². The molecule has 0 heterocycles. The summed E-state index contributed by atoms with van der Waals surface area (Å²) in [5.41, 5.74) is -0.569. The van der Waals surface area contributed by atoms with Crippen molar-refractivity contribution in [3.8, 4) is 12.3 Å². The van der Waals surface area contributed by atoms with Crippen LogP contribution in [0.5, 0.6) is 0 Å². The lowest BCUT2D eigenvalue weighted by Crippen LogP contribution is -2.40. The van der Waals surface area contributed by atoms with Gasteiger partial charge in [0.1, 0.15) is 5.60 Å². The molecule has 4 heteroatoms. The number of carbonyl (C=O) groups excluding carboxylic acids is 2. The van der Waals surface area contributed by atoms with Crippen LogP contribution in [0.1, 0.15) is 40.5 Å². The van der Waals surface area contributed by atoms with E-state index >= 15 is 0 Å². The highest BCUT2D eigenvalue weighted by Crippen LogP contribution is 2.10. The maximum absolute atomic E-state index is 11.8. The van der Waals surface area contributed by atoms with Gasteiger partial charge in [-0.25, -0.2) is 4.79 Å². The molecule has 0 aliphatic carbocycles. The maximum Gasteiger partial charge on any atom is 0.410 e. The van der Waals surface area contributed by atoms with Gasteiger partial charge in [0.05, 0.1) is 6.54 Å². The molecule has 96 valence electrons. The Morgan fingerprint density at radius 2 is 1.94 bits per heavy atom. The van der Waals surface area contributed by atoms with Crippen LogP contribution in [0.2, 0.25) is 0 Å². The van der Waals surface area contributed by atoms with Crippen LogP contribution in [0.3, 0.4) is 0 Å². The van der Waals surface area contributed by atoms with E-state index in [2.05, 4.69) is 0 Å². The van der Waals surface area contributed by atoms with E-state index in [1.807, 2.05) is 12.8 Å². The third-order valence-corrected chi connectivity index (χ3v) is 1.93. The zero-order valence-electron chi connectivity index (χ0n) is 11.1. The van der Waals surface area contributed by atoms with Crippen molar-refractivity contribution in [1.82, 2.24) is 4.90 Å². The van der Waals surface area contributed by atoms with Gasteiger partial charge in [0, 0.05) is 6.54 Å². The number of terminal acetylenes is 1. The molecule has 0 aromatic rings. The predicted octanol–water partition coefficient (Wildman–Crippen LogP) is 2.23. The molecule has 0 bridgehead atoms. The Balaban J connectivity index is 4.51. The summed E-state index contributed by atoms with van der Waals surface area (Å²) in [6.45, 7) is 7.77. The summed E-state index contributed by atoms with van der Waals surface area (Å²) in [7, 11) is 0. The number of hydrogen-bond acceptors (Lipinski definition) is 3. The Bertz CT molecular complexity index is 310. The molecule has 1 amide bonds. The Morgan fingerprint density at radius 1 is 1.35 bits per heavy atom. The molecule has 0 saturated carbocycles. The van der Waals surface area contributed by atoms with Gasteiger partial charge >= 0.3 is 6.09 Å². The topological polar surface area (TPSA) is 46.6 Å². The van der Waals surface area contributed by atoms with Gasteiger partial charge in [0.15, 0.2) is 0 Å². The van der Waals surface area contributed by atoms with E-state index < -0.39 is 17.5 Å². The van der Waals surface area contributed by atoms with E-state index in [4.69, 9.17) is 11.2 Å². The highest BCUT2D eigenvalue weighted by atomic mass is 16.6. The lowest BCUT2D eigenvalue weighted by molar-refractivity contribution is -0.115. The van der Waals surface area contributed by atoms with Crippen molar-refractivity contribution >= 4 is 11.9 Å². The number of unbranched alkanes of at least 4 members (excludes halogenated alkanes) is 1. The van der Waals surface area contributed by atoms with Crippen molar-refractivity contribution < 1.29 is 14.3 Å². The van der Waals surface area contributed by atoms with E-state index in [9.17, 15) is 9.59 Å². The molecule has 0 aromatic carbocycles. The van der Waals surface area contributed by atoms with Crippen molar-refractivity contribution in [3.05, 3.63) is 0 Å². The zero-order chi connectivity index (χ0) is 13.5. The molecule has 0 rings (SSSR count). The molecule has 0 radical (unpaired) electrons. The van der Waals surface area contributed by atoms with E-state index in [-0.39, 0.29) is 6.54 Å². The first-order valence-electron chi connectivity index (χ1n) is 5.77. The molecule has 0 fully saturated rings. The van der Waals surface area contributed by atoms with Gasteiger partial charge in [-0.05, 0) is 33.1 Å². The second-order valence-corrected chi connectivity index (χ2v) is 4.82. The number of rotatable bonds is 5. The Hall–Kier alpha value is -1.50. The van der Waals surface area contributed by atoms with Crippen LogP contribution < -0.4 is 0 Å². The van der Waals surface area contributed by atoms with E-state index in [1.165, 1.54) is 4.90 Å². The van der Waals surface area contributed by atoms with Crippen molar-refractivity contribution in [2.75, 3.05) is 13.1 Å². The van der Waals surface area contributed by atoms with Gasteiger partial charge in [-0.1, -0.05) is 13.3 Å². The number of nitrogens with zero attached hydrogens (tertiary/aromatic N) is 1. The monoisotopic (exact) mass is 239 g/mol. The predicted molar refractivity (Wildman–Crippen MR) is 66.6 cm³/mol. The minimum atomic E-state index is -0.569. The first kappa shape index (κ1) is 15.5. The summed E-state index contributed by atoms with van der Waals surface area (Å²) >= 11 is 0. The summed E-state index contributed by atoms with van der Waals surface area (Å²) in [5.74, 6) is 1.59. The average molecular weight is 239 g/mol. The fraction of sp³-hybridized carbons (Fsp3) is 0.692. The first-order valence-corrected chi connectivity index (χ1v) is 5.77. The van der Waals surface area contributed by atoms with Gasteiger partial charge in [0.25, 0.3) is 0 Å². The van der Waals surface area contributed by atoms with Crippen molar-refractivity contribution in [1.29, 1.82) is 0 Å². The van der Waals surface area contributed by atoms with Crippen LogP contribution in [0.25, 0.3) is 0 Å². The summed E-state index contributed by atoms with van der Waals surface area (Å²) in [4.78, 5) is 24.3. The quantitative estimate of drug-likeness (QED) is 0.546. The van der Waals surface area contributed by atoms with E-state index in [1.54, 1.807) is 20.8 Å². The molecular weight excluding hydrogens is 218 g/mol. The van der Waals surface area contributed by atoms with Gasteiger partial charge in [-0.2, -0.15) is 0 Å². The summed E-state index contributed by atoms with van der Waals surface area (Å²) < 4.78 is 5.21. The SMILES string of the molecule is C#CC(=O)CN(CCCC)C(=O)OC(C)(C)C. The first-order chi connectivity index (χ1) is 7.80. The standard InChI is InChI=1S/C13H21NO3/c1-6-8-9-14(10-11(15)7-2)12(16)17-13(3,4)5/h2H,6,8-10H2,1,3-5H3. The number of ketones is 1. The molecule has 0 aliphatic rings. The number of carbonyl (C=O) groups is 2. The Morgan fingerprint density at radius 3 is 2.35 bits per heavy atom. The Kier molecular flexibility index (Phi) is 6.34. The number of hydrogen-bond donors (Lipinski definition) is 0. The van der Waals surface area contributed by atoms with Crippen LogP contribution in [-0.2, 0) is 9.53 Å². The molecule has 0 spiro atoms. The summed E-state index contributed by atoms with van der Waals surface area (Å²) in [5, 5.41) is 0. The molecule has 0 atom stereocenters. The fourth-order valence-electron chi connectivity index (χ4n) is 1.13. The van der Waals surface area contributed by atoms with Crippen LogP contribution in [0, 0.1) is 12.3 Å². The van der Waals surface area contributed by atoms with Gasteiger partial charge in [-0.3, -0.25) is 9.69 Å². The maximum atomic E-state index is 11.8. The third kappa shape index (κ3) is 7.40. The van der Waals surface area contributed by atoms with Crippen molar-refractivity contribution in [2.45, 2.75) is 46.1 Å². The fourth-order valence-corrected chi connectivity index (χ4v) is 1.13. The molecular formula is C13H21NO3. The normalized spacial score (nSPS) is 10.5. The molecule has 0 N–H and O–H groups in total. The largest absolute Gasteiger partial charge is 0.444 e. The third-order valence-electron chi connectivity index (χ3n) is 1.93. The van der Waals surface area contributed by atoms with Crippen LogP contribution in [0.4, 0.5) is 4.79 Å². The van der Waals surface area contributed by atoms with Gasteiger partial charge in [0.2, 0.25) is 5.78 Å². The van der Waals surface area contributed by atoms with Crippen LogP contribution in [-0.4, -0.2) is 35.5 Å². The number of ether oxygens (including phenoxy) is 1. The smallest absolute Gasteiger partial charge is 0.410 e. The molecule has 0 aliphatic heterocycles. The highest BCUT2D eigenvalue weighted by Gasteiger charge is 2.22. The van der Waals surface area contributed by atoms with Crippen molar-refractivity contribution in [2.24, 2.45) is 0 Å².